The van der Waals surface area contributed by atoms with Gasteiger partial charge in [0, 0.05) is 283 Å². The minimum atomic E-state index is -3.23. The lowest BCUT2D eigenvalue weighted by Crippen LogP contribution is -2.47. The van der Waals surface area contributed by atoms with Crippen molar-refractivity contribution in [1.82, 2.24) is 131 Å². The number of fused-ring (bicyclic) bond motifs is 1. The largest absolute Gasteiger partial charge is 0.393 e. The highest BCUT2D eigenvalue weighted by Gasteiger charge is 2.51. The van der Waals surface area contributed by atoms with E-state index < -0.39 is 30.1 Å². The van der Waals surface area contributed by atoms with Crippen molar-refractivity contribution in [1.29, 1.82) is 0 Å². The SMILES string of the molecule is Cn1cc(-c2cccc(-c3ncc(-c4cnn(C)c4)c(NC4CC5(CCN(S(C)(=O)=O)C5)C4)n3)c2)cn1.Cn1cc(-c2cccc(-c3ncc(-c4cnn(C)c4)c(NC4CCC(O)C4)n3)c2)cn1.Cn1cc(-c2cccc(-c3ncc(-c4cnn(C)c4)c(NC4CCC5CN(S(C)(=O)=O)CC54)n3)c2)cn1.Cn1cc(-c2cccc(-c3ncc(-c4cnn(C)c4)c(N[C@H]4CCN(S(C)(=O)=O)C4)n3)c2)cn1. The van der Waals surface area contributed by atoms with Crippen LogP contribution in [0.15, 0.2) is 221 Å². The summed E-state index contributed by atoms with van der Waals surface area (Å²) in [5.41, 5.74) is 19.3. The van der Waals surface area contributed by atoms with Crippen LogP contribution in [0.1, 0.15) is 57.8 Å². The number of aryl methyl sites for hydroxylation is 8. The molecular weight excluding hydrogens is 1820 g/mol. The Labute approximate surface area is 806 Å². The summed E-state index contributed by atoms with van der Waals surface area (Å²) >= 11 is 0. The number of nitrogens with one attached hydrogen (secondary N) is 4. The van der Waals surface area contributed by atoms with Crippen LogP contribution in [0.2, 0.25) is 0 Å². The maximum absolute atomic E-state index is 12.2. The second-order valence-electron chi connectivity index (χ2n) is 37.4. The zero-order chi connectivity index (χ0) is 96.8. The van der Waals surface area contributed by atoms with Crippen molar-refractivity contribution in [3.8, 4) is 135 Å². The second-order valence-corrected chi connectivity index (χ2v) is 43.3. The Kier molecular flexibility index (Phi) is 26.3. The molecule has 12 aromatic heterocycles. The Hall–Kier alpha value is -14.2. The van der Waals surface area contributed by atoms with E-state index in [0.29, 0.717) is 80.7 Å². The Morgan fingerprint density at radius 2 is 0.647 bits per heavy atom. The molecule has 0 amide bonds. The van der Waals surface area contributed by atoms with Crippen LogP contribution in [-0.4, -0.2) is 250 Å². The van der Waals surface area contributed by atoms with Gasteiger partial charge in [0.05, 0.1) is 74.4 Å². The molecule has 16 aromatic rings. The number of aromatic nitrogens is 24. The molecule has 6 aliphatic rings. The smallest absolute Gasteiger partial charge is 0.211 e. The number of hydrogen-bond donors (Lipinski definition) is 5. The number of sulfonamides is 3. The van der Waals surface area contributed by atoms with Crippen LogP contribution in [0.25, 0.3) is 135 Å². The van der Waals surface area contributed by atoms with Gasteiger partial charge in [-0.05, 0) is 122 Å². The zero-order valence-corrected chi connectivity index (χ0v) is 81.6. The van der Waals surface area contributed by atoms with E-state index in [1.165, 1.54) is 23.1 Å². The molecule has 4 aromatic carbocycles. The molecule has 5 unspecified atom stereocenters. The highest BCUT2D eigenvalue weighted by Crippen LogP contribution is 2.51. The average molecular weight is 1930 g/mol. The van der Waals surface area contributed by atoms with Gasteiger partial charge >= 0.3 is 0 Å². The van der Waals surface area contributed by atoms with Gasteiger partial charge in [-0.3, -0.25) is 37.5 Å². The summed E-state index contributed by atoms with van der Waals surface area (Å²) in [6.07, 6.45) is 49.1. The van der Waals surface area contributed by atoms with Gasteiger partial charge in [-0.2, -0.15) is 40.8 Å². The number of nitrogens with zero attached hydrogens (tertiary/aromatic N) is 27. The van der Waals surface area contributed by atoms with E-state index in [4.69, 9.17) is 29.9 Å². The fourth-order valence-corrected chi connectivity index (χ4v) is 22.2. The van der Waals surface area contributed by atoms with Gasteiger partial charge in [0.15, 0.2) is 23.3 Å². The van der Waals surface area contributed by atoms with Crippen LogP contribution in [-0.2, 0) is 86.5 Å². The van der Waals surface area contributed by atoms with E-state index in [1.807, 2.05) is 229 Å². The van der Waals surface area contributed by atoms with Crippen molar-refractivity contribution in [3.05, 3.63) is 221 Å². The third kappa shape index (κ3) is 21.6. The Morgan fingerprint density at radius 3 is 0.957 bits per heavy atom. The first-order valence-corrected chi connectivity index (χ1v) is 51.7. The van der Waals surface area contributed by atoms with Crippen molar-refractivity contribution in [2.45, 2.75) is 88.1 Å². The predicted octanol–water partition coefficient (Wildman–Crippen LogP) is 11.9. The van der Waals surface area contributed by atoms with E-state index >= 15 is 0 Å². The summed E-state index contributed by atoms with van der Waals surface area (Å²) in [7, 11) is 5.55. The molecule has 3 aliphatic heterocycles. The lowest BCUT2D eigenvalue weighted by molar-refractivity contribution is 0.133. The molecule has 6 atom stereocenters. The number of benzene rings is 4. The van der Waals surface area contributed by atoms with Crippen molar-refractivity contribution in [2.75, 3.05) is 79.3 Å². The zero-order valence-electron chi connectivity index (χ0n) is 79.1. The molecule has 0 radical (unpaired) electrons. The van der Waals surface area contributed by atoms with Gasteiger partial charge in [0.2, 0.25) is 30.1 Å². The number of rotatable bonds is 23. The molecule has 1 spiro atoms. The average Bonchev–Trinajstić information content (AvgIpc) is 1.62. The molecule has 41 heteroatoms. The highest BCUT2D eigenvalue weighted by atomic mass is 32.2. The lowest BCUT2D eigenvalue weighted by Gasteiger charge is -2.45. The minimum Gasteiger partial charge on any atom is -0.393 e. The Balaban J connectivity index is 0.000000118. The fraction of sp³-hybridized carbons (Fsp3) is 0.347. The van der Waals surface area contributed by atoms with Crippen molar-refractivity contribution >= 4 is 53.3 Å². The number of hydrogen-bond acceptors (Lipinski definition) is 27. The quantitative estimate of drug-likeness (QED) is 0.0397. The lowest BCUT2D eigenvalue weighted by atomic mass is 9.65. The summed E-state index contributed by atoms with van der Waals surface area (Å²) in [5, 5.41) is 58.6. The summed E-state index contributed by atoms with van der Waals surface area (Å²) in [6, 6.07) is 33.0. The topological polar surface area (TPSA) is 426 Å². The first-order chi connectivity index (χ1) is 66.7. The standard InChI is InChI=1S/2C26H30N8O2S.C23H26N8O2S.C23H25N7O/c1-32-15-20(12-28-32)18-5-4-6-19(9-18)24-27-14-23(21-13-29-33(2)16-21)25(31-24)30-22-10-26(11-22)7-8-34(17-26)37(3,35)36;1-32-13-20(10-28-32)17-5-4-6-18(9-17)25-27-12-22(21-11-29-33(2)14-21)26(31-25)30-24-8-7-19-15-34(16-23(19)24)37(3,35)36;1-29-13-18(10-25-29)16-5-4-6-17(9-16)22-24-12-21(19-11-26-30(2)14-19)23(28-22)27-20-7-8-31(15-20)34(3,32)33;1-29-13-17(10-25-29)15-4-3-5-16(8-15)22-24-12-21(18-11-26-30(2)14-18)23(28-22)27-19-6-7-20(31)9-19/h4-6,9,12-16,22H,7-8,10-11,17H2,1-3H3,(H,27,30,31);4-6,9-14,19,23-24H,7-8,15-16H2,1-3H3,(H,27,30,31);4-6,9-14,20H,7-8,15H2,1-3H3,(H,24,27,28);3-5,8,10-14,19-20,31H,6-7,9H2,1-2H3,(H,24,27,28)/t;;20-;/m..0./s1. The summed E-state index contributed by atoms with van der Waals surface area (Å²) in [4.78, 5) is 38.5. The van der Waals surface area contributed by atoms with Crippen LogP contribution in [0.5, 0.6) is 0 Å². The van der Waals surface area contributed by atoms with Crippen LogP contribution >= 0.6 is 0 Å². The van der Waals surface area contributed by atoms with Crippen molar-refractivity contribution in [2.24, 2.45) is 73.6 Å². The monoisotopic (exact) mass is 1930 g/mol. The molecule has 718 valence electrons. The highest BCUT2D eigenvalue weighted by molar-refractivity contribution is 7.88. The summed E-state index contributed by atoms with van der Waals surface area (Å²) in [6.45, 7) is 3.26. The van der Waals surface area contributed by atoms with Crippen molar-refractivity contribution < 1.29 is 30.4 Å². The van der Waals surface area contributed by atoms with E-state index in [0.717, 1.165) is 180 Å². The van der Waals surface area contributed by atoms with Gasteiger partial charge in [-0.1, -0.05) is 72.8 Å². The van der Waals surface area contributed by atoms with E-state index in [-0.39, 0.29) is 41.6 Å². The first-order valence-electron chi connectivity index (χ1n) is 46.1. The van der Waals surface area contributed by atoms with Crippen LogP contribution in [0.4, 0.5) is 23.3 Å². The maximum Gasteiger partial charge on any atom is 0.211 e. The molecule has 6 fully saturated rings. The van der Waals surface area contributed by atoms with E-state index in [2.05, 4.69) is 108 Å². The molecule has 5 N–H and O–H groups in total. The molecule has 22 rings (SSSR count). The number of aliphatic hydroxyl groups excluding tert-OH is 1. The molecule has 15 heterocycles. The third-order valence-electron chi connectivity index (χ3n) is 26.7. The first kappa shape index (κ1) is 93.8. The molecular formula is C98H111N31O7S3. The number of aliphatic hydroxyl groups is 1. The Morgan fingerprint density at radius 1 is 0.324 bits per heavy atom. The maximum atomic E-state index is 12.2. The van der Waals surface area contributed by atoms with Gasteiger partial charge in [-0.25, -0.2) is 78.0 Å². The van der Waals surface area contributed by atoms with Gasteiger partial charge in [0.1, 0.15) is 23.3 Å². The van der Waals surface area contributed by atoms with Gasteiger partial charge < -0.3 is 26.4 Å². The van der Waals surface area contributed by atoms with Crippen molar-refractivity contribution in [3.63, 3.8) is 0 Å². The normalized spacial score (nSPS) is 19.8. The van der Waals surface area contributed by atoms with Crippen LogP contribution in [0, 0.1) is 17.3 Å². The van der Waals surface area contributed by atoms with Gasteiger partial charge in [-0.15, -0.1) is 0 Å². The fourth-order valence-electron chi connectivity index (χ4n) is 19.5. The van der Waals surface area contributed by atoms with Crippen LogP contribution in [0.3, 0.4) is 0 Å². The molecule has 139 heavy (non-hydrogen) atoms. The summed E-state index contributed by atoms with van der Waals surface area (Å²) in [5.74, 6) is 6.05. The third-order valence-corrected chi connectivity index (χ3v) is 30.5. The molecule has 3 saturated heterocycles. The molecule has 38 nitrogen and oxygen atoms in total. The van der Waals surface area contributed by atoms with Gasteiger partial charge in [0.25, 0.3) is 0 Å². The number of anilines is 4. The van der Waals surface area contributed by atoms with Crippen LogP contribution < -0.4 is 21.3 Å². The molecule has 3 aliphatic carbocycles. The summed E-state index contributed by atoms with van der Waals surface area (Å²) < 4.78 is 91.2. The molecule has 3 saturated carbocycles. The van der Waals surface area contributed by atoms with E-state index in [1.54, 1.807) is 58.5 Å². The second kappa shape index (κ2) is 39.0. The molecule has 0 bridgehead atoms. The minimum absolute atomic E-state index is 0.0466. The Bertz CT molecular complexity index is 7540. The van der Waals surface area contributed by atoms with E-state index in [9.17, 15) is 30.4 Å². The predicted molar refractivity (Wildman–Crippen MR) is 533 cm³/mol.